The SMILES string of the molecule is C=C(C)C(CCCC)C(C)CCC. The molecule has 0 saturated carbocycles. The first kappa shape index (κ1) is 12.7. The Labute approximate surface area is 84.4 Å². The Bertz CT molecular complexity index is 135. The van der Waals surface area contributed by atoms with E-state index in [0.717, 1.165) is 11.8 Å². The third-order valence-electron chi connectivity index (χ3n) is 2.93. The van der Waals surface area contributed by atoms with Gasteiger partial charge in [0.1, 0.15) is 0 Å². The molecular weight excluding hydrogens is 156 g/mol. The highest BCUT2D eigenvalue weighted by Gasteiger charge is 2.16. The summed E-state index contributed by atoms with van der Waals surface area (Å²) in [6, 6.07) is 0. The summed E-state index contributed by atoms with van der Waals surface area (Å²) in [4.78, 5) is 0. The van der Waals surface area contributed by atoms with Gasteiger partial charge in [0.05, 0.1) is 0 Å². The van der Waals surface area contributed by atoms with Crippen LogP contribution in [0.3, 0.4) is 0 Å². The molecule has 78 valence electrons. The van der Waals surface area contributed by atoms with Gasteiger partial charge in [-0.1, -0.05) is 58.6 Å². The normalized spacial score (nSPS) is 15.4. The minimum Gasteiger partial charge on any atom is -0.0999 e. The fourth-order valence-corrected chi connectivity index (χ4v) is 2.10. The number of rotatable bonds is 7. The standard InChI is InChI=1S/C13H26/c1-6-8-10-13(11(3)4)12(5)9-7-2/h12-13H,3,6-10H2,1-2,4-5H3. The van der Waals surface area contributed by atoms with Crippen LogP contribution in [-0.4, -0.2) is 0 Å². The average Bonchev–Trinajstić information content (AvgIpc) is 2.05. The molecule has 0 aliphatic carbocycles. The molecule has 0 N–H and O–H groups in total. The molecular formula is C13H26. The number of unbranched alkanes of at least 4 members (excludes halogenated alkanes) is 1. The van der Waals surface area contributed by atoms with E-state index < -0.39 is 0 Å². The van der Waals surface area contributed by atoms with E-state index in [-0.39, 0.29) is 0 Å². The second kappa shape index (κ2) is 7.17. The van der Waals surface area contributed by atoms with Crippen molar-refractivity contribution in [1.82, 2.24) is 0 Å². The molecule has 0 spiro atoms. The van der Waals surface area contributed by atoms with Crippen LogP contribution in [0.15, 0.2) is 12.2 Å². The zero-order valence-electron chi connectivity index (χ0n) is 9.90. The molecule has 0 fully saturated rings. The summed E-state index contributed by atoms with van der Waals surface area (Å²) in [5.41, 5.74) is 1.38. The van der Waals surface area contributed by atoms with Crippen LogP contribution in [0.1, 0.15) is 59.8 Å². The number of allylic oxidation sites excluding steroid dienone is 1. The summed E-state index contributed by atoms with van der Waals surface area (Å²) in [6.45, 7) is 13.2. The molecule has 0 heterocycles. The molecule has 2 unspecified atom stereocenters. The maximum Gasteiger partial charge on any atom is -0.0183 e. The Balaban J connectivity index is 3.99. The highest BCUT2D eigenvalue weighted by atomic mass is 14.2. The van der Waals surface area contributed by atoms with Gasteiger partial charge in [0.2, 0.25) is 0 Å². The third-order valence-corrected chi connectivity index (χ3v) is 2.93. The second-order valence-electron chi connectivity index (χ2n) is 4.36. The van der Waals surface area contributed by atoms with Crippen LogP contribution in [0.2, 0.25) is 0 Å². The van der Waals surface area contributed by atoms with Crippen molar-refractivity contribution in [3.05, 3.63) is 12.2 Å². The molecule has 0 aliphatic heterocycles. The van der Waals surface area contributed by atoms with Crippen molar-refractivity contribution < 1.29 is 0 Å². The molecule has 0 heteroatoms. The van der Waals surface area contributed by atoms with Gasteiger partial charge >= 0.3 is 0 Å². The van der Waals surface area contributed by atoms with E-state index >= 15 is 0 Å². The molecule has 0 rings (SSSR count). The maximum atomic E-state index is 4.11. The number of hydrogen-bond acceptors (Lipinski definition) is 0. The fourth-order valence-electron chi connectivity index (χ4n) is 2.10. The van der Waals surface area contributed by atoms with Crippen molar-refractivity contribution in [3.8, 4) is 0 Å². The van der Waals surface area contributed by atoms with Gasteiger partial charge < -0.3 is 0 Å². The zero-order valence-corrected chi connectivity index (χ0v) is 9.90. The van der Waals surface area contributed by atoms with Gasteiger partial charge in [-0.25, -0.2) is 0 Å². The largest absolute Gasteiger partial charge is 0.0999 e. The predicted octanol–water partition coefficient (Wildman–Crippen LogP) is 4.81. The van der Waals surface area contributed by atoms with Crippen molar-refractivity contribution in [2.75, 3.05) is 0 Å². The van der Waals surface area contributed by atoms with Crippen molar-refractivity contribution in [1.29, 1.82) is 0 Å². The van der Waals surface area contributed by atoms with Crippen LogP contribution < -0.4 is 0 Å². The van der Waals surface area contributed by atoms with Gasteiger partial charge in [-0.05, 0) is 25.2 Å². The van der Waals surface area contributed by atoms with E-state index in [2.05, 4.69) is 34.3 Å². The maximum absolute atomic E-state index is 4.11. The minimum absolute atomic E-state index is 0.764. The minimum atomic E-state index is 0.764. The first-order chi connectivity index (χ1) is 6.13. The van der Waals surface area contributed by atoms with Gasteiger partial charge in [0, 0.05) is 0 Å². The van der Waals surface area contributed by atoms with E-state index in [4.69, 9.17) is 0 Å². The molecule has 0 amide bonds. The summed E-state index contributed by atoms with van der Waals surface area (Å²) in [5, 5.41) is 0. The molecule has 0 aromatic carbocycles. The van der Waals surface area contributed by atoms with Gasteiger partial charge in [-0.15, -0.1) is 0 Å². The van der Waals surface area contributed by atoms with Gasteiger partial charge in [0.15, 0.2) is 0 Å². The summed E-state index contributed by atoms with van der Waals surface area (Å²) >= 11 is 0. The highest BCUT2D eigenvalue weighted by molar-refractivity contribution is 4.97. The zero-order chi connectivity index (χ0) is 10.3. The summed E-state index contributed by atoms with van der Waals surface area (Å²) in [5.74, 6) is 1.59. The summed E-state index contributed by atoms with van der Waals surface area (Å²) in [6.07, 6.45) is 6.65. The van der Waals surface area contributed by atoms with E-state index in [9.17, 15) is 0 Å². The Morgan fingerprint density at radius 1 is 1.15 bits per heavy atom. The smallest absolute Gasteiger partial charge is 0.0183 e. The third kappa shape index (κ3) is 5.13. The van der Waals surface area contributed by atoms with Crippen molar-refractivity contribution >= 4 is 0 Å². The van der Waals surface area contributed by atoms with Gasteiger partial charge in [-0.3, -0.25) is 0 Å². The van der Waals surface area contributed by atoms with E-state index in [1.165, 1.54) is 37.7 Å². The monoisotopic (exact) mass is 182 g/mol. The van der Waals surface area contributed by atoms with E-state index in [1.807, 2.05) is 0 Å². The average molecular weight is 182 g/mol. The molecule has 13 heavy (non-hydrogen) atoms. The van der Waals surface area contributed by atoms with Gasteiger partial charge in [0.25, 0.3) is 0 Å². The molecule has 0 radical (unpaired) electrons. The van der Waals surface area contributed by atoms with Crippen LogP contribution in [0.4, 0.5) is 0 Å². The molecule has 2 atom stereocenters. The van der Waals surface area contributed by atoms with Gasteiger partial charge in [-0.2, -0.15) is 0 Å². The first-order valence-electron chi connectivity index (χ1n) is 5.78. The van der Waals surface area contributed by atoms with E-state index in [0.29, 0.717) is 0 Å². The van der Waals surface area contributed by atoms with Crippen LogP contribution in [-0.2, 0) is 0 Å². The lowest BCUT2D eigenvalue weighted by molar-refractivity contribution is 0.353. The summed E-state index contributed by atoms with van der Waals surface area (Å²) < 4.78 is 0. The van der Waals surface area contributed by atoms with Crippen LogP contribution in [0, 0.1) is 11.8 Å². The van der Waals surface area contributed by atoms with Crippen LogP contribution in [0.5, 0.6) is 0 Å². The lowest BCUT2D eigenvalue weighted by Gasteiger charge is -2.23. The first-order valence-corrected chi connectivity index (χ1v) is 5.78. The Kier molecular flexibility index (Phi) is 7.03. The predicted molar refractivity (Wildman–Crippen MR) is 61.9 cm³/mol. The van der Waals surface area contributed by atoms with Crippen LogP contribution >= 0.6 is 0 Å². The molecule has 0 nitrogen and oxygen atoms in total. The van der Waals surface area contributed by atoms with Crippen molar-refractivity contribution in [2.24, 2.45) is 11.8 Å². The Hall–Kier alpha value is -0.260. The molecule has 0 saturated heterocycles. The van der Waals surface area contributed by atoms with Crippen molar-refractivity contribution in [2.45, 2.75) is 59.8 Å². The molecule has 0 aromatic heterocycles. The lowest BCUT2D eigenvalue weighted by atomic mass is 9.82. The van der Waals surface area contributed by atoms with Crippen molar-refractivity contribution in [3.63, 3.8) is 0 Å². The number of hydrogen-bond donors (Lipinski definition) is 0. The molecule has 0 bridgehead atoms. The second-order valence-corrected chi connectivity index (χ2v) is 4.36. The highest BCUT2D eigenvalue weighted by Crippen LogP contribution is 2.28. The topological polar surface area (TPSA) is 0 Å². The molecule has 0 aliphatic rings. The quantitative estimate of drug-likeness (QED) is 0.496. The Morgan fingerprint density at radius 3 is 2.15 bits per heavy atom. The van der Waals surface area contributed by atoms with Crippen LogP contribution in [0.25, 0.3) is 0 Å². The van der Waals surface area contributed by atoms with E-state index in [1.54, 1.807) is 0 Å². The Morgan fingerprint density at radius 2 is 1.77 bits per heavy atom. The fraction of sp³-hybridized carbons (Fsp3) is 0.846. The summed E-state index contributed by atoms with van der Waals surface area (Å²) in [7, 11) is 0. The lowest BCUT2D eigenvalue weighted by Crippen LogP contribution is -2.12. The molecule has 0 aromatic rings.